The number of aromatic nitrogens is 1. The van der Waals surface area contributed by atoms with Crippen LogP contribution in [0.3, 0.4) is 0 Å². The normalized spacial score (nSPS) is 11.7. The number of furan rings is 1. The summed E-state index contributed by atoms with van der Waals surface area (Å²) >= 11 is 3.76. The summed E-state index contributed by atoms with van der Waals surface area (Å²) in [7, 11) is 0. The molecule has 0 spiro atoms. The van der Waals surface area contributed by atoms with Crippen LogP contribution in [0.4, 0.5) is 0 Å². The van der Waals surface area contributed by atoms with E-state index >= 15 is 0 Å². The van der Waals surface area contributed by atoms with E-state index in [2.05, 4.69) is 142 Å². The van der Waals surface area contributed by atoms with Gasteiger partial charge in [-0.3, -0.25) is 0 Å². The molecule has 2 heterocycles. The molecule has 3 heteroatoms. The van der Waals surface area contributed by atoms with Crippen LogP contribution in [0.25, 0.3) is 71.7 Å². The number of hydrogen-bond donors (Lipinski definition) is 0. The molecule has 0 amide bonds. The Labute approximate surface area is 233 Å². The molecule has 8 rings (SSSR count). The Morgan fingerprint density at radius 1 is 0.462 bits per heavy atom. The van der Waals surface area contributed by atoms with Gasteiger partial charge in [0, 0.05) is 37.8 Å². The first-order valence-corrected chi connectivity index (χ1v) is 13.8. The Morgan fingerprint density at radius 2 is 1.10 bits per heavy atom. The van der Waals surface area contributed by atoms with Crippen LogP contribution < -0.4 is 0 Å². The van der Waals surface area contributed by atoms with Gasteiger partial charge in [-0.2, -0.15) is 0 Å². The second kappa shape index (κ2) is 8.72. The minimum atomic E-state index is 0.898. The summed E-state index contributed by atoms with van der Waals surface area (Å²) in [6.07, 6.45) is 0. The van der Waals surface area contributed by atoms with Crippen molar-refractivity contribution in [2.45, 2.75) is 0 Å². The quantitative estimate of drug-likeness (QED) is 0.209. The summed E-state index contributed by atoms with van der Waals surface area (Å²) in [4.78, 5) is 0. The maximum Gasteiger partial charge on any atom is 0.137 e. The van der Waals surface area contributed by atoms with Gasteiger partial charge in [-0.1, -0.05) is 107 Å². The van der Waals surface area contributed by atoms with E-state index in [0.29, 0.717) is 0 Å². The standard InChI is InChI=1S/C36H22BrNO/c37-32-14-6-3-11-27(32)26-10-2-1-9-25(26)23-17-19-29-28-12-4-7-15-33(28)38(34(29)21-23)24-18-20-31-30-13-5-8-16-35(30)39-36(31)22-24/h1-22H. The van der Waals surface area contributed by atoms with Gasteiger partial charge in [-0.25, -0.2) is 0 Å². The maximum atomic E-state index is 6.27. The number of rotatable bonds is 3. The Kier molecular flexibility index (Phi) is 5.01. The second-order valence-corrected chi connectivity index (χ2v) is 10.7. The third-order valence-corrected chi connectivity index (χ3v) is 8.39. The summed E-state index contributed by atoms with van der Waals surface area (Å²) in [5.41, 5.74) is 10.0. The molecule has 0 aliphatic rings. The van der Waals surface area contributed by atoms with Crippen molar-refractivity contribution in [2.75, 3.05) is 0 Å². The van der Waals surface area contributed by atoms with Crippen molar-refractivity contribution in [3.05, 3.63) is 138 Å². The van der Waals surface area contributed by atoms with Crippen molar-refractivity contribution in [3.63, 3.8) is 0 Å². The largest absolute Gasteiger partial charge is 0.456 e. The minimum absolute atomic E-state index is 0.898. The van der Waals surface area contributed by atoms with Crippen LogP contribution in [0.2, 0.25) is 0 Å². The average Bonchev–Trinajstić information content (AvgIpc) is 3.52. The Balaban J connectivity index is 1.39. The molecule has 0 unspecified atom stereocenters. The zero-order chi connectivity index (χ0) is 25.9. The monoisotopic (exact) mass is 563 g/mol. The number of benzene rings is 6. The number of nitrogens with zero attached hydrogens (tertiary/aromatic N) is 1. The summed E-state index contributed by atoms with van der Waals surface area (Å²) in [5, 5.41) is 4.76. The van der Waals surface area contributed by atoms with Gasteiger partial charge in [0.25, 0.3) is 0 Å². The van der Waals surface area contributed by atoms with E-state index in [-0.39, 0.29) is 0 Å². The predicted molar refractivity (Wildman–Crippen MR) is 167 cm³/mol. The van der Waals surface area contributed by atoms with E-state index in [0.717, 1.165) is 32.1 Å². The molecule has 39 heavy (non-hydrogen) atoms. The van der Waals surface area contributed by atoms with Crippen LogP contribution in [-0.2, 0) is 0 Å². The van der Waals surface area contributed by atoms with Crippen LogP contribution in [0.5, 0.6) is 0 Å². The molecule has 0 atom stereocenters. The van der Waals surface area contributed by atoms with Crippen LogP contribution >= 0.6 is 15.9 Å². The fourth-order valence-corrected chi connectivity index (χ4v) is 6.42. The zero-order valence-corrected chi connectivity index (χ0v) is 22.5. The van der Waals surface area contributed by atoms with Crippen LogP contribution in [0, 0.1) is 0 Å². The van der Waals surface area contributed by atoms with Gasteiger partial charge in [-0.05, 0) is 58.7 Å². The molecule has 0 saturated heterocycles. The topological polar surface area (TPSA) is 18.1 Å². The van der Waals surface area contributed by atoms with Crippen molar-refractivity contribution >= 4 is 59.7 Å². The zero-order valence-electron chi connectivity index (χ0n) is 20.9. The number of halogens is 1. The van der Waals surface area contributed by atoms with Crippen molar-refractivity contribution in [1.82, 2.24) is 4.57 Å². The van der Waals surface area contributed by atoms with E-state index in [4.69, 9.17) is 4.42 Å². The lowest BCUT2D eigenvalue weighted by atomic mass is 9.94. The fourth-order valence-electron chi connectivity index (χ4n) is 5.92. The van der Waals surface area contributed by atoms with Crippen LogP contribution in [-0.4, -0.2) is 4.57 Å². The highest BCUT2D eigenvalue weighted by Crippen LogP contribution is 2.40. The van der Waals surface area contributed by atoms with Gasteiger partial charge >= 0.3 is 0 Å². The Morgan fingerprint density at radius 3 is 1.97 bits per heavy atom. The highest BCUT2D eigenvalue weighted by Gasteiger charge is 2.16. The third-order valence-electron chi connectivity index (χ3n) is 7.70. The number of fused-ring (bicyclic) bond motifs is 6. The van der Waals surface area contributed by atoms with Gasteiger partial charge in [0.1, 0.15) is 11.2 Å². The molecule has 184 valence electrons. The molecule has 0 saturated carbocycles. The molecule has 8 aromatic rings. The molecule has 0 aliphatic carbocycles. The Hall–Kier alpha value is -4.60. The van der Waals surface area contributed by atoms with E-state index < -0.39 is 0 Å². The molecule has 0 radical (unpaired) electrons. The van der Waals surface area contributed by atoms with Gasteiger partial charge < -0.3 is 8.98 Å². The molecule has 0 aliphatic heterocycles. The summed E-state index contributed by atoms with van der Waals surface area (Å²) in [6, 6.07) is 47.3. The molecule has 2 nitrogen and oxygen atoms in total. The molecule has 2 aromatic heterocycles. The number of para-hydroxylation sites is 2. The van der Waals surface area contributed by atoms with E-state index in [1.165, 1.54) is 44.1 Å². The first-order valence-electron chi connectivity index (χ1n) is 13.1. The minimum Gasteiger partial charge on any atom is -0.456 e. The SMILES string of the molecule is Brc1ccccc1-c1ccccc1-c1ccc2c3ccccc3n(-c3ccc4c(c3)oc3ccccc34)c2c1. The molecule has 6 aromatic carbocycles. The smallest absolute Gasteiger partial charge is 0.137 e. The highest BCUT2D eigenvalue weighted by atomic mass is 79.9. The first kappa shape index (κ1) is 22.4. The summed E-state index contributed by atoms with van der Waals surface area (Å²) in [6.45, 7) is 0. The Bertz CT molecular complexity index is 2200. The fraction of sp³-hybridized carbons (Fsp3) is 0. The average molecular weight is 564 g/mol. The molecular formula is C36H22BrNO. The lowest BCUT2D eigenvalue weighted by Gasteiger charge is -2.13. The van der Waals surface area contributed by atoms with Crippen molar-refractivity contribution in [3.8, 4) is 27.9 Å². The summed E-state index contributed by atoms with van der Waals surface area (Å²) < 4.78 is 9.72. The van der Waals surface area contributed by atoms with Gasteiger partial charge in [0.15, 0.2) is 0 Å². The molecule has 0 N–H and O–H groups in total. The van der Waals surface area contributed by atoms with Crippen LogP contribution in [0.1, 0.15) is 0 Å². The van der Waals surface area contributed by atoms with Gasteiger partial charge in [0.05, 0.1) is 11.0 Å². The molecular weight excluding hydrogens is 542 g/mol. The molecule has 0 fully saturated rings. The second-order valence-electron chi connectivity index (χ2n) is 9.89. The highest BCUT2D eigenvalue weighted by molar-refractivity contribution is 9.10. The van der Waals surface area contributed by atoms with Gasteiger partial charge in [-0.15, -0.1) is 0 Å². The predicted octanol–water partition coefficient (Wildman–Crippen LogP) is 10.8. The van der Waals surface area contributed by atoms with E-state index in [1.54, 1.807) is 0 Å². The van der Waals surface area contributed by atoms with Crippen LogP contribution in [0.15, 0.2) is 142 Å². The maximum absolute atomic E-state index is 6.27. The van der Waals surface area contributed by atoms with Crippen molar-refractivity contribution in [2.24, 2.45) is 0 Å². The summed E-state index contributed by atoms with van der Waals surface area (Å²) in [5.74, 6) is 0. The lowest BCUT2D eigenvalue weighted by Crippen LogP contribution is -1.94. The van der Waals surface area contributed by atoms with Gasteiger partial charge in [0.2, 0.25) is 0 Å². The van der Waals surface area contributed by atoms with Crippen molar-refractivity contribution < 1.29 is 4.42 Å². The number of hydrogen-bond acceptors (Lipinski definition) is 1. The van der Waals surface area contributed by atoms with Crippen molar-refractivity contribution in [1.29, 1.82) is 0 Å². The first-order chi connectivity index (χ1) is 19.3. The lowest BCUT2D eigenvalue weighted by molar-refractivity contribution is 0.668. The molecule has 0 bridgehead atoms. The van der Waals surface area contributed by atoms with E-state index in [1.807, 2.05) is 12.1 Å². The van der Waals surface area contributed by atoms with E-state index in [9.17, 15) is 0 Å². The third kappa shape index (κ3) is 3.47.